The Balaban J connectivity index is 1.82. The first-order valence-electron chi connectivity index (χ1n) is 6.93. The van der Waals surface area contributed by atoms with Crippen LogP contribution in [0, 0.1) is 0 Å². The van der Waals surface area contributed by atoms with Crippen molar-refractivity contribution in [1.82, 2.24) is 0 Å². The quantitative estimate of drug-likeness (QED) is 0.871. The van der Waals surface area contributed by atoms with Gasteiger partial charge in [-0.3, -0.25) is 0 Å². The highest BCUT2D eigenvalue weighted by atomic mass is 79.9. The number of rotatable bonds is 6. The Kier molecular flexibility index (Phi) is 5.67. The second-order valence-electron chi connectivity index (χ2n) is 5.22. The standard InChI is InChI=1S/C15H22BrNO2/c1-11(17)9-12-4-5-15(14(16)10-12)19-8-6-13-3-2-7-18-13/h4-5,10-11,13H,2-3,6-9,17H2,1H3. The van der Waals surface area contributed by atoms with Crippen molar-refractivity contribution < 1.29 is 9.47 Å². The van der Waals surface area contributed by atoms with Crippen molar-refractivity contribution in [2.75, 3.05) is 13.2 Å². The Hall–Kier alpha value is -0.580. The summed E-state index contributed by atoms with van der Waals surface area (Å²) in [6.45, 7) is 3.62. The number of nitrogens with two attached hydrogens (primary N) is 1. The third-order valence-electron chi connectivity index (χ3n) is 3.28. The fourth-order valence-corrected chi connectivity index (χ4v) is 2.87. The van der Waals surface area contributed by atoms with Crippen LogP contribution in [0.25, 0.3) is 0 Å². The first kappa shape index (κ1) is 14.8. The lowest BCUT2D eigenvalue weighted by molar-refractivity contribution is 0.0902. The molecule has 1 saturated heterocycles. The lowest BCUT2D eigenvalue weighted by Gasteiger charge is -2.13. The van der Waals surface area contributed by atoms with Gasteiger partial charge in [0.2, 0.25) is 0 Å². The topological polar surface area (TPSA) is 44.5 Å². The summed E-state index contributed by atoms with van der Waals surface area (Å²) in [6.07, 6.45) is 4.58. The molecular formula is C15H22BrNO2. The largest absolute Gasteiger partial charge is 0.492 e. The van der Waals surface area contributed by atoms with Crippen LogP contribution in [-0.4, -0.2) is 25.4 Å². The van der Waals surface area contributed by atoms with E-state index in [2.05, 4.69) is 28.1 Å². The molecule has 2 atom stereocenters. The molecule has 0 aromatic heterocycles. The average molecular weight is 328 g/mol. The van der Waals surface area contributed by atoms with E-state index in [1.807, 2.05) is 13.0 Å². The molecule has 0 spiro atoms. The van der Waals surface area contributed by atoms with Gasteiger partial charge in [0.05, 0.1) is 17.2 Å². The predicted octanol–water partition coefficient (Wildman–Crippen LogP) is 3.29. The van der Waals surface area contributed by atoms with Crippen LogP contribution in [-0.2, 0) is 11.2 Å². The van der Waals surface area contributed by atoms with Crippen LogP contribution in [0.4, 0.5) is 0 Å². The monoisotopic (exact) mass is 327 g/mol. The van der Waals surface area contributed by atoms with Crippen LogP contribution >= 0.6 is 15.9 Å². The molecule has 2 unspecified atom stereocenters. The SMILES string of the molecule is CC(N)Cc1ccc(OCCC2CCCO2)c(Br)c1. The van der Waals surface area contributed by atoms with E-state index < -0.39 is 0 Å². The third-order valence-corrected chi connectivity index (χ3v) is 3.90. The Morgan fingerprint density at radius 2 is 2.37 bits per heavy atom. The summed E-state index contributed by atoms with van der Waals surface area (Å²) in [6, 6.07) is 6.36. The van der Waals surface area contributed by atoms with Crippen LogP contribution in [0.15, 0.2) is 22.7 Å². The predicted molar refractivity (Wildman–Crippen MR) is 80.6 cm³/mol. The summed E-state index contributed by atoms with van der Waals surface area (Å²) in [7, 11) is 0. The van der Waals surface area contributed by atoms with E-state index in [0.29, 0.717) is 12.7 Å². The Morgan fingerprint density at radius 3 is 3.00 bits per heavy atom. The Labute approximate surface area is 123 Å². The average Bonchev–Trinajstić information content (AvgIpc) is 2.84. The molecule has 0 radical (unpaired) electrons. The van der Waals surface area contributed by atoms with Crippen LogP contribution in [0.3, 0.4) is 0 Å². The van der Waals surface area contributed by atoms with Gasteiger partial charge in [-0.15, -0.1) is 0 Å². The maximum atomic E-state index is 5.80. The maximum Gasteiger partial charge on any atom is 0.133 e. The zero-order valence-corrected chi connectivity index (χ0v) is 13.0. The number of halogens is 1. The Morgan fingerprint density at radius 1 is 1.53 bits per heavy atom. The van der Waals surface area contributed by atoms with Crippen LogP contribution in [0.2, 0.25) is 0 Å². The number of benzene rings is 1. The molecule has 1 aliphatic rings. The molecule has 3 nitrogen and oxygen atoms in total. The highest BCUT2D eigenvalue weighted by molar-refractivity contribution is 9.10. The van der Waals surface area contributed by atoms with Crippen LogP contribution in [0.1, 0.15) is 31.7 Å². The molecule has 0 aliphatic carbocycles. The molecule has 0 amide bonds. The minimum absolute atomic E-state index is 0.179. The maximum absolute atomic E-state index is 5.80. The van der Waals surface area contributed by atoms with Crippen LogP contribution in [0.5, 0.6) is 5.75 Å². The smallest absolute Gasteiger partial charge is 0.133 e. The second-order valence-corrected chi connectivity index (χ2v) is 6.07. The van der Waals surface area contributed by atoms with Gasteiger partial charge in [-0.05, 0) is 59.8 Å². The zero-order chi connectivity index (χ0) is 13.7. The van der Waals surface area contributed by atoms with Crippen molar-refractivity contribution in [3.63, 3.8) is 0 Å². The summed E-state index contributed by atoms with van der Waals surface area (Å²) < 4.78 is 12.4. The van der Waals surface area contributed by atoms with Gasteiger partial charge in [0.15, 0.2) is 0 Å². The van der Waals surface area contributed by atoms with E-state index in [1.54, 1.807) is 0 Å². The number of ether oxygens (including phenoxy) is 2. The van der Waals surface area contributed by atoms with Crippen molar-refractivity contribution in [3.05, 3.63) is 28.2 Å². The molecular weight excluding hydrogens is 306 g/mol. The summed E-state index contributed by atoms with van der Waals surface area (Å²) in [5.74, 6) is 0.895. The van der Waals surface area contributed by atoms with Gasteiger partial charge in [0, 0.05) is 19.1 Å². The summed E-state index contributed by atoms with van der Waals surface area (Å²) in [5, 5.41) is 0. The normalized spacial score (nSPS) is 20.5. The molecule has 2 rings (SSSR count). The van der Waals surface area contributed by atoms with E-state index in [1.165, 1.54) is 12.0 Å². The second kappa shape index (κ2) is 7.27. The molecule has 0 bridgehead atoms. The van der Waals surface area contributed by atoms with Gasteiger partial charge in [-0.25, -0.2) is 0 Å². The summed E-state index contributed by atoms with van der Waals surface area (Å²) in [5.41, 5.74) is 7.03. The fraction of sp³-hybridized carbons (Fsp3) is 0.600. The van der Waals surface area contributed by atoms with Gasteiger partial charge in [0.1, 0.15) is 5.75 Å². The first-order chi connectivity index (χ1) is 9.15. The van der Waals surface area contributed by atoms with E-state index in [0.717, 1.165) is 36.1 Å². The van der Waals surface area contributed by atoms with Crippen molar-refractivity contribution in [2.24, 2.45) is 5.73 Å². The highest BCUT2D eigenvalue weighted by Gasteiger charge is 2.15. The molecule has 1 heterocycles. The number of hydrogen-bond donors (Lipinski definition) is 1. The van der Waals surface area contributed by atoms with E-state index >= 15 is 0 Å². The van der Waals surface area contributed by atoms with Crippen molar-refractivity contribution in [3.8, 4) is 5.75 Å². The van der Waals surface area contributed by atoms with Gasteiger partial charge in [-0.1, -0.05) is 6.07 Å². The van der Waals surface area contributed by atoms with E-state index in [9.17, 15) is 0 Å². The summed E-state index contributed by atoms with van der Waals surface area (Å²) >= 11 is 3.55. The third kappa shape index (κ3) is 4.79. The molecule has 4 heteroatoms. The van der Waals surface area contributed by atoms with E-state index in [-0.39, 0.29) is 6.04 Å². The molecule has 19 heavy (non-hydrogen) atoms. The first-order valence-corrected chi connectivity index (χ1v) is 7.73. The molecule has 1 aromatic rings. The van der Waals surface area contributed by atoms with Crippen LogP contribution < -0.4 is 10.5 Å². The lowest BCUT2D eigenvalue weighted by atomic mass is 10.1. The molecule has 1 fully saturated rings. The minimum Gasteiger partial charge on any atom is -0.492 e. The van der Waals surface area contributed by atoms with Crippen molar-refractivity contribution >= 4 is 15.9 Å². The molecule has 2 N–H and O–H groups in total. The Bertz CT molecular complexity index is 403. The fourth-order valence-electron chi connectivity index (χ4n) is 2.33. The minimum atomic E-state index is 0.179. The lowest BCUT2D eigenvalue weighted by Crippen LogP contribution is -2.17. The van der Waals surface area contributed by atoms with Gasteiger partial charge >= 0.3 is 0 Å². The van der Waals surface area contributed by atoms with Crippen molar-refractivity contribution in [2.45, 2.75) is 44.8 Å². The number of hydrogen-bond acceptors (Lipinski definition) is 3. The molecule has 0 saturated carbocycles. The zero-order valence-electron chi connectivity index (χ0n) is 11.4. The molecule has 1 aliphatic heterocycles. The summed E-state index contributed by atoms with van der Waals surface area (Å²) in [4.78, 5) is 0. The van der Waals surface area contributed by atoms with Gasteiger partial charge < -0.3 is 15.2 Å². The van der Waals surface area contributed by atoms with Crippen molar-refractivity contribution in [1.29, 1.82) is 0 Å². The van der Waals surface area contributed by atoms with E-state index in [4.69, 9.17) is 15.2 Å². The molecule has 1 aromatic carbocycles. The van der Waals surface area contributed by atoms with Gasteiger partial charge in [-0.2, -0.15) is 0 Å². The van der Waals surface area contributed by atoms with Gasteiger partial charge in [0.25, 0.3) is 0 Å². The highest BCUT2D eigenvalue weighted by Crippen LogP contribution is 2.27. The molecule has 106 valence electrons.